The molecule has 0 bridgehead atoms. The van der Waals surface area contributed by atoms with Crippen LogP contribution in [0.5, 0.6) is 0 Å². The number of carbonyl (C=O) groups excluding carboxylic acids is 4. The third-order valence-corrected chi connectivity index (χ3v) is 5.79. The van der Waals surface area contributed by atoms with E-state index in [1.165, 1.54) is 4.68 Å². The summed E-state index contributed by atoms with van der Waals surface area (Å²) in [6.45, 7) is 2.17. The van der Waals surface area contributed by atoms with Gasteiger partial charge in [-0.15, -0.1) is 5.10 Å². The van der Waals surface area contributed by atoms with Crippen molar-refractivity contribution in [1.82, 2.24) is 30.5 Å². The summed E-state index contributed by atoms with van der Waals surface area (Å²) < 4.78 is 1.42. The molecule has 2 aromatic carbocycles. The number of amides is 4. The van der Waals surface area contributed by atoms with Crippen molar-refractivity contribution >= 4 is 23.6 Å². The second kappa shape index (κ2) is 8.54. The molecular formula is C24H22N6O4. The predicted molar refractivity (Wildman–Crippen MR) is 121 cm³/mol. The molecule has 4 amide bonds. The van der Waals surface area contributed by atoms with Crippen LogP contribution in [0.3, 0.4) is 0 Å². The zero-order chi connectivity index (χ0) is 23.8. The number of nitrogens with one attached hydrogen (secondary N) is 2. The first-order valence-corrected chi connectivity index (χ1v) is 11.1. The van der Waals surface area contributed by atoms with Crippen molar-refractivity contribution in [1.29, 1.82) is 0 Å². The van der Waals surface area contributed by atoms with E-state index < -0.39 is 17.7 Å². The minimum Gasteiger partial charge on any atom is -0.352 e. The maximum atomic E-state index is 12.9. The van der Waals surface area contributed by atoms with Gasteiger partial charge >= 0.3 is 0 Å². The Balaban J connectivity index is 1.50. The van der Waals surface area contributed by atoms with Gasteiger partial charge in [0.25, 0.3) is 23.6 Å². The number of hydrogen-bond acceptors (Lipinski definition) is 6. The monoisotopic (exact) mass is 458 g/mol. The number of imide groups is 1. The first-order valence-electron chi connectivity index (χ1n) is 11.1. The summed E-state index contributed by atoms with van der Waals surface area (Å²) in [7, 11) is 0. The van der Waals surface area contributed by atoms with Gasteiger partial charge in [-0.05, 0) is 56.2 Å². The third-order valence-electron chi connectivity index (χ3n) is 5.79. The lowest BCUT2D eigenvalue weighted by atomic mass is 10.1. The molecule has 2 heterocycles. The number of aromatic nitrogens is 3. The highest BCUT2D eigenvalue weighted by Crippen LogP contribution is 2.26. The average Bonchev–Trinajstić information content (AvgIpc) is 3.51. The number of nitrogens with zero attached hydrogens (tertiary/aromatic N) is 4. The van der Waals surface area contributed by atoms with Crippen molar-refractivity contribution < 1.29 is 19.2 Å². The summed E-state index contributed by atoms with van der Waals surface area (Å²) >= 11 is 0. The Morgan fingerprint density at radius 2 is 1.62 bits per heavy atom. The highest BCUT2D eigenvalue weighted by Gasteiger charge is 2.37. The normalized spacial score (nSPS) is 14.8. The first kappa shape index (κ1) is 21.5. The standard InChI is InChI=1S/C24H22N6O4/c1-2-25-21(31)14-7-11-16(12-8-14)30-19(20(27-28-30)22(32)26-15-9-10-15)13-29-23(33)17-5-3-4-6-18(17)24(29)34/h3-8,11-12,15H,2,9-10,13H2,1H3,(H,25,31)(H,26,32). The van der Waals surface area contributed by atoms with Crippen LogP contribution in [0.4, 0.5) is 0 Å². The second-order valence-corrected chi connectivity index (χ2v) is 8.19. The molecule has 34 heavy (non-hydrogen) atoms. The fraction of sp³-hybridized carbons (Fsp3) is 0.250. The highest BCUT2D eigenvalue weighted by atomic mass is 16.2. The smallest absolute Gasteiger partial charge is 0.274 e. The van der Waals surface area contributed by atoms with Gasteiger partial charge < -0.3 is 10.6 Å². The highest BCUT2D eigenvalue weighted by molar-refractivity contribution is 6.21. The molecule has 172 valence electrons. The Morgan fingerprint density at radius 3 is 2.21 bits per heavy atom. The lowest BCUT2D eigenvalue weighted by molar-refractivity contribution is 0.0636. The zero-order valence-corrected chi connectivity index (χ0v) is 18.4. The topological polar surface area (TPSA) is 126 Å². The van der Waals surface area contributed by atoms with Crippen molar-refractivity contribution in [3.8, 4) is 5.69 Å². The molecule has 0 spiro atoms. The van der Waals surface area contributed by atoms with Crippen molar-refractivity contribution in [3.05, 3.63) is 76.6 Å². The number of hydrogen-bond donors (Lipinski definition) is 2. The molecule has 1 saturated carbocycles. The van der Waals surface area contributed by atoms with Crippen molar-refractivity contribution in [2.75, 3.05) is 6.54 Å². The van der Waals surface area contributed by atoms with Crippen LogP contribution in [0.15, 0.2) is 48.5 Å². The summed E-state index contributed by atoms with van der Waals surface area (Å²) in [5.41, 5.74) is 2.01. The van der Waals surface area contributed by atoms with Gasteiger partial charge in [-0.1, -0.05) is 17.3 Å². The van der Waals surface area contributed by atoms with Crippen LogP contribution in [-0.4, -0.2) is 56.1 Å². The average molecular weight is 458 g/mol. The van der Waals surface area contributed by atoms with Crippen LogP contribution in [0.2, 0.25) is 0 Å². The van der Waals surface area contributed by atoms with E-state index in [9.17, 15) is 19.2 Å². The molecule has 5 rings (SSSR count). The Labute approximate surface area is 194 Å². The molecule has 2 N–H and O–H groups in total. The molecule has 0 unspecified atom stereocenters. The van der Waals surface area contributed by atoms with E-state index >= 15 is 0 Å². The summed E-state index contributed by atoms with van der Waals surface area (Å²) in [6.07, 6.45) is 1.80. The molecule has 1 aliphatic carbocycles. The van der Waals surface area contributed by atoms with Gasteiger partial charge in [-0.3, -0.25) is 24.1 Å². The molecule has 1 aromatic heterocycles. The van der Waals surface area contributed by atoms with Gasteiger partial charge in [0.2, 0.25) is 0 Å². The van der Waals surface area contributed by atoms with Gasteiger partial charge in [0.15, 0.2) is 5.69 Å². The maximum absolute atomic E-state index is 12.9. The summed E-state index contributed by atoms with van der Waals surface area (Å²) in [6, 6.07) is 13.3. The van der Waals surface area contributed by atoms with Crippen molar-refractivity contribution in [2.45, 2.75) is 32.4 Å². The molecule has 0 atom stereocenters. The molecule has 0 saturated heterocycles. The molecule has 1 aliphatic heterocycles. The van der Waals surface area contributed by atoms with E-state index in [1.807, 2.05) is 6.92 Å². The van der Waals surface area contributed by atoms with Crippen molar-refractivity contribution in [2.24, 2.45) is 0 Å². The van der Waals surface area contributed by atoms with Crippen LogP contribution < -0.4 is 10.6 Å². The van der Waals surface area contributed by atoms with Crippen LogP contribution in [0, 0.1) is 0 Å². The molecular weight excluding hydrogens is 436 g/mol. The first-order chi connectivity index (χ1) is 16.5. The Hall–Kier alpha value is -4.34. The third kappa shape index (κ3) is 3.83. The Morgan fingerprint density at radius 1 is 0.971 bits per heavy atom. The van der Waals surface area contributed by atoms with Gasteiger partial charge in [-0.25, -0.2) is 4.68 Å². The predicted octanol–water partition coefficient (Wildman–Crippen LogP) is 1.71. The van der Waals surface area contributed by atoms with E-state index in [0.29, 0.717) is 34.6 Å². The van der Waals surface area contributed by atoms with E-state index in [2.05, 4.69) is 20.9 Å². The Kier molecular flexibility index (Phi) is 5.40. The van der Waals surface area contributed by atoms with Crippen LogP contribution in [0.1, 0.15) is 67.0 Å². The number of carbonyl (C=O) groups is 4. The van der Waals surface area contributed by atoms with Crippen molar-refractivity contribution in [3.63, 3.8) is 0 Å². The lowest BCUT2D eigenvalue weighted by Crippen LogP contribution is -2.32. The molecule has 10 heteroatoms. The van der Waals surface area contributed by atoms with Gasteiger partial charge in [0.05, 0.1) is 29.1 Å². The van der Waals surface area contributed by atoms with E-state index in [-0.39, 0.29) is 24.2 Å². The summed E-state index contributed by atoms with van der Waals surface area (Å²) in [4.78, 5) is 51.9. The summed E-state index contributed by atoms with van der Waals surface area (Å²) in [5, 5.41) is 13.8. The van der Waals surface area contributed by atoms with E-state index in [1.54, 1.807) is 48.5 Å². The molecule has 0 radical (unpaired) electrons. The van der Waals surface area contributed by atoms with Gasteiger partial charge in [0.1, 0.15) is 0 Å². The minimum absolute atomic E-state index is 0.0521. The number of benzene rings is 2. The molecule has 10 nitrogen and oxygen atoms in total. The van der Waals surface area contributed by atoms with Gasteiger partial charge in [0, 0.05) is 18.2 Å². The van der Waals surface area contributed by atoms with Gasteiger partial charge in [-0.2, -0.15) is 0 Å². The Bertz CT molecular complexity index is 1270. The number of fused-ring (bicyclic) bond motifs is 1. The maximum Gasteiger partial charge on any atom is 0.274 e. The van der Waals surface area contributed by atoms with Crippen LogP contribution in [0.25, 0.3) is 5.69 Å². The fourth-order valence-electron chi connectivity index (χ4n) is 3.86. The van der Waals surface area contributed by atoms with Crippen LogP contribution >= 0.6 is 0 Å². The lowest BCUT2D eigenvalue weighted by Gasteiger charge is -2.16. The largest absolute Gasteiger partial charge is 0.352 e. The minimum atomic E-state index is -0.437. The molecule has 1 fully saturated rings. The van der Waals surface area contributed by atoms with Crippen LogP contribution in [-0.2, 0) is 6.54 Å². The number of rotatable bonds is 7. The molecule has 2 aliphatic rings. The zero-order valence-electron chi connectivity index (χ0n) is 18.4. The fourth-order valence-corrected chi connectivity index (χ4v) is 3.86. The van der Waals surface area contributed by atoms with E-state index in [0.717, 1.165) is 17.7 Å². The quantitative estimate of drug-likeness (QED) is 0.519. The summed E-state index contributed by atoms with van der Waals surface area (Å²) in [5.74, 6) is -1.48. The van der Waals surface area contributed by atoms with E-state index in [4.69, 9.17) is 0 Å². The molecule has 3 aromatic rings. The SMILES string of the molecule is CCNC(=O)c1ccc(-n2nnc(C(=O)NC3CC3)c2CN2C(=O)c3ccccc3C2=O)cc1. The second-order valence-electron chi connectivity index (χ2n) is 8.19.